The zero-order valence-corrected chi connectivity index (χ0v) is 11.6. The van der Waals surface area contributed by atoms with E-state index in [9.17, 15) is 14.7 Å². The van der Waals surface area contributed by atoms with Crippen molar-refractivity contribution < 1.29 is 24.2 Å². The van der Waals surface area contributed by atoms with Crippen LogP contribution in [0.3, 0.4) is 0 Å². The Morgan fingerprint density at radius 1 is 1.43 bits per heavy atom. The summed E-state index contributed by atoms with van der Waals surface area (Å²) in [5, 5.41) is 9.18. The molecule has 1 saturated heterocycles. The van der Waals surface area contributed by atoms with E-state index in [-0.39, 0.29) is 18.6 Å². The first kappa shape index (κ1) is 13.7. The highest BCUT2D eigenvalue weighted by atomic mass is 16.5. The number of carbonyl (C=O) groups is 2. The quantitative estimate of drug-likeness (QED) is 0.864. The van der Waals surface area contributed by atoms with Crippen molar-refractivity contribution in [2.24, 2.45) is 0 Å². The number of piperidine rings is 1. The van der Waals surface area contributed by atoms with E-state index >= 15 is 0 Å². The number of carboxylic acid groups (broad SMARTS) is 1. The number of hydrogen-bond acceptors (Lipinski definition) is 4. The molecule has 2 heterocycles. The van der Waals surface area contributed by atoms with Gasteiger partial charge in [-0.25, -0.2) is 9.59 Å². The zero-order chi connectivity index (χ0) is 14.8. The molecule has 1 amide bonds. The van der Waals surface area contributed by atoms with Crippen LogP contribution in [-0.4, -0.2) is 41.3 Å². The molecular weight excluding hydrogens is 274 g/mol. The van der Waals surface area contributed by atoms with Gasteiger partial charge in [0.25, 0.3) is 0 Å². The summed E-state index contributed by atoms with van der Waals surface area (Å²) >= 11 is 0. The number of benzene rings is 1. The maximum atomic E-state index is 11.4. The van der Waals surface area contributed by atoms with Crippen molar-refractivity contribution >= 4 is 12.1 Å². The molecule has 2 aliphatic rings. The number of nitrogens with zero attached hydrogens (tertiary/aromatic N) is 1. The first-order chi connectivity index (χ1) is 10.1. The number of rotatable bonds is 3. The van der Waals surface area contributed by atoms with Crippen molar-refractivity contribution in [1.29, 1.82) is 0 Å². The van der Waals surface area contributed by atoms with Crippen LogP contribution in [0, 0.1) is 0 Å². The highest BCUT2D eigenvalue weighted by Crippen LogP contribution is 2.25. The van der Waals surface area contributed by atoms with Crippen LogP contribution in [0.1, 0.15) is 35.2 Å². The van der Waals surface area contributed by atoms with Crippen LogP contribution in [0.15, 0.2) is 18.2 Å². The molecule has 6 heteroatoms. The molecule has 0 aliphatic carbocycles. The fraction of sp³-hybridized carbons (Fsp3) is 0.467. The van der Waals surface area contributed by atoms with Crippen LogP contribution in [0.25, 0.3) is 0 Å². The van der Waals surface area contributed by atoms with Gasteiger partial charge < -0.3 is 19.5 Å². The van der Waals surface area contributed by atoms with Gasteiger partial charge in [0.1, 0.15) is 19.0 Å². The molecule has 0 saturated carbocycles. The summed E-state index contributed by atoms with van der Waals surface area (Å²) in [5.74, 6) is 0.337. The number of amides is 1. The molecule has 1 fully saturated rings. The smallest absolute Gasteiger partial charge is 0.407 e. The lowest BCUT2D eigenvalue weighted by molar-refractivity contribution is 0.0535. The number of hydrogen-bond donors (Lipinski definition) is 1. The normalized spacial score (nSPS) is 20.9. The molecule has 3 rings (SSSR count). The molecule has 1 atom stereocenters. The molecule has 0 bridgehead atoms. The molecule has 6 nitrogen and oxygen atoms in total. The number of ether oxygens (including phenoxy) is 2. The third-order valence-electron chi connectivity index (χ3n) is 3.97. The lowest BCUT2D eigenvalue weighted by Crippen LogP contribution is -2.46. The number of carbonyl (C=O) groups excluding carboxylic acids is 1. The second-order valence-electron chi connectivity index (χ2n) is 5.33. The van der Waals surface area contributed by atoms with Gasteiger partial charge in [0.2, 0.25) is 0 Å². The Morgan fingerprint density at radius 3 is 3.10 bits per heavy atom. The van der Waals surface area contributed by atoms with Crippen molar-refractivity contribution in [2.75, 3.05) is 13.2 Å². The topological polar surface area (TPSA) is 76.1 Å². The standard InChI is InChI=1S/C15H17NO5/c17-14-13-5-4-12(7-10(13)8-21-14)20-9-11-3-1-2-6-16(11)15(18)19/h4-5,7,11H,1-3,6,8-9H2,(H,18,19). The summed E-state index contributed by atoms with van der Waals surface area (Å²) in [7, 11) is 0. The number of fused-ring (bicyclic) bond motifs is 1. The second-order valence-corrected chi connectivity index (χ2v) is 5.33. The molecule has 1 unspecified atom stereocenters. The maximum absolute atomic E-state index is 11.4. The van der Waals surface area contributed by atoms with Crippen molar-refractivity contribution in [3.63, 3.8) is 0 Å². The third-order valence-corrected chi connectivity index (χ3v) is 3.97. The van der Waals surface area contributed by atoms with Gasteiger partial charge >= 0.3 is 12.1 Å². The van der Waals surface area contributed by atoms with Gasteiger partial charge in [-0.1, -0.05) is 0 Å². The summed E-state index contributed by atoms with van der Waals surface area (Å²) in [5.41, 5.74) is 1.39. The van der Waals surface area contributed by atoms with E-state index in [1.165, 1.54) is 4.90 Å². The van der Waals surface area contributed by atoms with Gasteiger partial charge in [-0.2, -0.15) is 0 Å². The summed E-state index contributed by atoms with van der Waals surface area (Å²) in [4.78, 5) is 24.0. The molecule has 0 aromatic heterocycles. The lowest BCUT2D eigenvalue weighted by atomic mass is 10.0. The van der Waals surface area contributed by atoms with E-state index < -0.39 is 6.09 Å². The third kappa shape index (κ3) is 2.79. The Bertz CT molecular complexity index is 571. The molecule has 0 radical (unpaired) electrons. The SMILES string of the molecule is O=C1OCc2cc(OCC3CCCCN3C(=O)O)ccc21. The minimum atomic E-state index is -0.892. The summed E-state index contributed by atoms with van der Waals surface area (Å²) in [6, 6.07) is 5.09. The van der Waals surface area contributed by atoms with E-state index in [0.29, 0.717) is 24.5 Å². The van der Waals surface area contributed by atoms with Crippen LogP contribution >= 0.6 is 0 Å². The van der Waals surface area contributed by atoms with Gasteiger partial charge in [0, 0.05) is 12.1 Å². The van der Waals surface area contributed by atoms with Crippen LogP contribution in [0.2, 0.25) is 0 Å². The van der Waals surface area contributed by atoms with Gasteiger partial charge in [-0.15, -0.1) is 0 Å². The molecule has 1 N–H and O–H groups in total. The Morgan fingerprint density at radius 2 is 2.29 bits per heavy atom. The molecule has 1 aromatic carbocycles. The number of cyclic esters (lactones) is 1. The summed E-state index contributed by atoms with van der Waals surface area (Å²) < 4.78 is 10.7. The molecular formula is C15H17NO5. The number of esters is 1. The minimum absolute atomic E-state index is 0.109. The highest BCUT2D eigenvalue weighted by molar-refractivity contribution is 5.93. The number of likely N-dealkylation sites (tertiary alicyclic amines) is 1. The Hall–Kier alpha value is -2.24. The molecule has 1 aromatic rings. The monoisotopic (exact) mass is 291 g/mol. The fourth-order valence-electron chi connectivity index (χ4n) is 2.82. The first-order valence-electron chi connectivity index (χ1n) is 7.07. The lowest BCUT2D eigenvalue weighted by Gasteiger charge is -2.33. The second kappa shape index (κ2) is 5.63. The van der Waals surface area contributed by atoms with Crippen molar-refractivity contribution in [2.45, 2.75) is 31.9 Å². The van der Waals surface area contributed by atoms with E-state index in [0.717, 1.165) is 24.8 Å². The predicted molar refractivity (Wildman–Crippen MR) is 73.4 cm³/mol. The van der Waals surface area contributed by atoms with Crippen LogP contribution in [0.4, 0.5) is 4.79 Å². The van der Waals surface area contributed by atoms with Crippen molar-refractivity contribution in [1.82, 2.24) is 4.90 Å². The molecule has 2 aliphatic heterocycles. The van der Waals surface area contributed by atoms with Crippen LogP contribution in [0.5, 0.6) is 5.75 Å². The van der Waals surface area contributed by atoms with Gasteiger partial charge in [-0.05, 0) is 37.5 Å². The highest BCUT2D eigenvalue weighted by Gasteiger charge is 2.27. The fourth-order valence-corrected chi connectivity index (χ4v) is 2.82. The Labute approximate surface area is 122 Å². The Kier molecular flexibility index (Phi) is 3.68. The zero-order valence-electron chi connectivity index (χ0n) is 11.6. The predicted octanol–water partition coefficient (Wildman–Crippen LogP) is 2.27. The molecule has 21 heavy (non-hydrogen) atoms. The maximum Gasteiger partial charge on any atom is 0.407 e. The average Bonchev–Trinajstić information content (AvgIpc) is 2.86. The van der Waals surface area contributed by atoms with Crippen LogP contribution < -0.4 is 4.74 Å². The van der Waals surface area contributed by atoms with Gasteiger partial charge in [-0.3, -0.25) is 0 Å². The van der Waals surface area contributed by atoms with Crippen LogP contribution in [-0.2, 0) is 11.3 Å². The minimum Gasteiger partial charge on any atom is -0.491 e. The van der Waals surface area contributed by atoms with E-state index in [1.54, 1.807) is 18.2 Å². The molecule has 112 valence electrons. The largest absolute Gasteiger partial charge is 0.491 e. The molecule has 0 spiro atoms. The van der Waals surface area contributed by atoms with E-state index in [1.807, 2.05) is 0 Å². The van der Waals surface area contributed by atoms with Gasteiger partial charge in [0.05, 0.1) is 11.6 Å². The summed E-state index contributed by atoms with van der Waals surface area (Å²) in [6.45, 7) is 1.17. The van der Waals surface area contributed by atoms with Gasteiger partial charge in [0.15, 0.2) is 0 Å². The van der Waals surface area contributed by atoms with Crippen molar-refractivity contribution in [3.8, 4) is 5.75 Å². The first-order valence-corrected chi connectivity index (χ1v) is 7.07. The van der Waals surface area contributed by atoms with E-state index in [4.69, 9.17) is 9.47 Å². The van der Waals surface area contributed by atoms with E-state index in [2.05, 4.69) is 0 Å². The van der Waals surface area contributed by atoms with Crippen molar-refractivity contribution in [3.05, 3.63) is 29.3 Å². The Balaban J connectivity index is 1.64. The average molecular weight is 291 g/mol. The summed E-state index contributed by atoms with van der Waals surface area (Å²) in [6.07, 6.45) is 1.85.